The molecule has 2 heterocycles. The van der Waals surface area contributed by atoms with E-state index < -0.39 is 0 Å². The molecule has 0 fully saturated rings. The summed E-state index contributed by atoms with van der Waals surface area (Å²) in [5.41, 5.74) is 5.92. The molecular formula is C8H14N4O. The number of aliphatic hydroxyl groups excluding tert-OH is 1. The van der Waals surface area contributed by atoms with E-state index in [2.05, 4.69) is 10.2 Å². The van der Waals surface area contributed by atoms with E-state index >= 15 is 0 Å². The zero-order chi connectivity index (χ0) is 9.26. The number of aliphatic hydroxyl groups is 1. The monoisotopic (exact) mass is 182 g/mol. The maximum Gasteiger partial charge on any atom is 0.136 e. The predicted molar refractivity (Wildman–Crippen MR) is 47.0 cm³/mol. The third-order valence-electron chi connectivity index (χ3n) is 2.40. The Balaban J connectivity index is 2.32. The molecule has 5 nitrogen and oxygen atoms in total. The molecule has 1 aliphatic rings. The van der Waals surface area contributed by atoms with E-state index in [9.17, 15) is 0 Å². The average molecular weight is 182 g/mol. The van der Waals surface area contributed by atoms with Gasteiger partial charge in [0.25, 0.3) is 0 Å². The lowest BCUT2D eigenvalue weighted by atomic mass is 10.1. The van der Waals surface area contributed by atoms with E-state index in [0.29, 0.717) is 6.42 Å². The molecule has 3 N–H and O–H groups in total. The van der Waals surface area contributed by atoms with Gasteiger partial charge in [-0.2, -0.15) is 0 Å². The van der Waals surface area contributed by atoms with Gasteiger partial charge in [0, 0.05) is 12.8 Å². The van der Waals surface area contributed by atoms with Gasteiger partial charge in [-0.1, -0.05) is 0 Å². The zero-order valence-electron chi connectivity index (χ0n) is 7.48. The van der Waals surface area contributed by atoms with Crippen molar-refractivity contribution in [3.8, 4) is 0 Å². The van der Waals surface area contributed by atoms with Gasteiger partial charge in [-0.15, -0.1) is 10.2 Å². The second-order valence-electron chi connectivity index (χ2n) is 3.34. The van der Waals surface area contributed by atoms with Gasteiger partial charge in [0.05, 0.1) is 12.8 Å². The van der Waals surface area contributed by atoms with Crippen LogP contribution in [0.2, 0.25) is 0 Å². The fourth-order valence-corrected chi connectivity index (χ4v) is 1.78. The van der Waals surface area contributed by atoms with Crippen molar-refractivity contribution in [2.75, 3.05) is 6.61 Å². The maximum atomic E-state index is 8.80. The molecule has 0 bridgehead atoms. The first-order valence-corrected chi connectivity index (χ1v) is 4.62. The van der Waals surface area contributed by atoms with E-state index in [1.54, 1.807) is 0 Å². The quantitative estimate of drug-likeness (QED) is 0.653. The number of hydrogen-bond donors (Lipinski definition) is 2. The normalized spacial score (nSPS) is 21.5. The van der Waals surface area contributed by atoms with Gasteiger partial charge in [0.2, 0.25) is 0 Å². The van der Waals surface area contributed by atoms with Crippen molar-refractivity contribution >= 4 is 0 Å². The first-order chi connectivity index (χ1) is 6.33. The summed E-state index contributed by atoms with van der Waals surface area (Å²) in [6, 6.07) is 0. The molecule has 1 unspecified atom stereocenters. The molecule has 1 aliphatic heterocycles. The second-order valence-corrected chi connectivity index (χ2v) is 3.34. The van der Waals surface area contributed by atoms with Gasteiger partial charge in [-0.3, -0.25) is 4.57 Å². The van der Waals surface area contributed by atoms with Gasteiger partial charge < -0.3 is 10.8 Å². The largest absolute Gasteiger partial charge is 0.396 e. The molecule has 0 spiro atoms. The van der Waals surface area contributed by atoms with Gasteiger partial charge in [-0.05, 0) is 12.8 Å². The molecule has 0 aromatic carbocycles. The molecule has 0 aliphatic carbocycles. The van der Waals surface area contributed by atoms with Gasteiger partial charge >= 0.3 is 0 Å². The number of nitrogens with two attached hydrogens (primary N) is 1. The Morgan fingerprint density at radius 3 is 3.15 bits per heavy atom. The van der Waals surface area contributed by atoms with Crippen molar-refractivity contribution in [1.29, 1.82) is 0 Å². The Kier molecular flexibility index (Phi) is 2.28. The standard InChI is InChI=1S/C8H14N4O/c9-6-2-1-3-7-10-11-8(4-5-13)12(6)7/h6,13H,1-5,9H2. The third-order valence-corrected chi connectivity index (χ3v) is 2.40. The Morgan fingerprint density at radius 1 is 1.54 bits per heavy atom. The van der Waals surface area contributed by atoms with Crippen LogP contribution in [0.3, 0.4) is 0 Å². The van der Waals surface area contributed by atoms with E-state index in [1.807, 2.05) is 4.57 Å². The Morgan fingerprint density at radius 2 is 2.38 bits per heavy atom. The molecule has 0 saturated heterocycles. The van der Waals surface area contributed by atoms with Crippen LogP contribution in [0, 0.1) is 0 Å². The van der Waals surface area contributed by atoms with Crippen molar-refractivity contribution in [2.24, 2.45) is 5.73 Å². The van der Waals surface area contributed by atoms with Crippen LogP contribution in [-0.4, -0.2) is 26.5 Å². The predicted octanol–water partition coefficient (Wildman–Crippen LogP) is -0.394. The van der Waals surface area contributed by atoms with Crippen LogP contribution in [-0.2, 0) is 12.8 Å². The Labute approximate surface area is 76.6 Å². The summed E-state index contributed by atoms with van der Waals surface area (Å²) in [6.07, 6.45) is 3.55. The fraction of sp³-hybridized carbons (Fsp3) is 0.750. The molecule has 72 valence electrons. The van der Waals surface area contributed by atoms with E-state index in [-0.39, 0.29) is 12.8 Å². The number of aromatic nitrogens is 3. The molecule has 1 aromatic heterocycles. The number of aryl methyl sites for hydroxylation is 1. The van der Waals surface area contributed by atoms with E-state index in [1.165, 1.54) is 0 Å². The molecule has 13 heavy (non-hydrogen) atoms. The highest BCUT2D eigenvalue weighted by molar-refractivity contribution is 5.01. The Bertz CT molecular complexity index is 296. The van der Waals surface area contributed by atoms with Crippen LogP contribution in [0.25, 0.3) is 0 Å². The molecule has 0 radical (unpaired) electrons. The minimum absolute atomic E-state index is 0.000278. The summed E-state index contributed by atoms with van der Waals surface area (Å²) in [4.78, 5) is 0. The second kappa shape index (κ2) is 3.43. The first-order valence-electron chi connectivity index (χ1n) is 4.62. The van der Waals surface area contributed by atoms with Crippen LogP contribution in [0.5, 0.6) is 0 Å². The highest BCUT2D eigenvalue weighted by Crippen LogP contribution is 2.20. The third kappa shape index (κ3) is 1.45. The van der Waals surface area contributed by atoms with Crippen LogP contribution in [0.1, 0.15) is 30.7 Å². The van der Waals surface area contributed by atoms with Gasteiger partial charge in [0.15, 0.2) is 0 Å². The van der Waals surface area contributed by atoms with Gasteiger partial charge in [-0.25, -0.2) is 0 Å². The number of nitrogens with zero attached hydrogens (tertiary/aromatic N) is 3. The lowest BCUT2D eigenvalue weighted by Crippen LogP contribution is -2.26. The molecule has 1 aromatic rings. The molecular weight excluding hydrogens is 168 g/mol. The number of fused-ring (bicyclic) bond motifs is 1. The highest BCUT2D eigenvalue weighted by atomic mass is 16.3. The van der Waals surface area contributed by atoms with Crippen LogP contribution < -0.4 is 5.73 Å². The van der Waals surface area contributed by atoms with Crippen molar-refractivity contribution in [2.45, 2.75) is 31.8 Å². The summed E-state index contributed by atoms with van der Waals surface area (Å²) in [7, 11) is 0. The zero-order valence-corrected chi connectivity index (χ0v) is 7.48. The van der Waals surface area contributed by atoms with E-state index in [0.717, 1.165) is 30.9 Å². The summed E-state index contributed by atoms with van der Waals surface area (Å²) in [5, 5.41) is 16.9. The van der Waals surface area contributed by atoms with Crippen LogP contribution in [0.15, 0.2) is 0 Å². The highest BCUT2D eigenvalue weighted by Gasteiger charge is 2.20. The summed E-state index contributed by atoms with van der Waals surface area (Å²) >= 11 is 0. The number of rotatable bonds is 2. The summed E-state index contributed by atoms with van der Waals surface area (Å²) in [6.45, 7) is 0.102. The summed E-state index contributed by atoms with van der Waals surface area (Å²) in [5.74, 6) is 1.77. The van der Waals surface area contributed by atoms with Crippen LogP contribution >= 0.6 is 0 Å². The molecule has 2 rings (SSSR count). The summed E-state index contributed by atoms with van der Waals surface area (Å²) < 4.78 is 1.96. The minimum atomic E-state index is 0.000278. The minimum Gasteiger partial charge on any atom is -0.396 e. The molecule has 5 heteroatoms. The topological polar surface area (TPSA) is 77.0 Å². The maximum absolute atomic E-state index is 8.80. The SMILES string of the molecule is NC1CCCc2nnc(CCO)n21. The Hall–Kier alpha value is -0.940. The first kappa shape index (κ1) is 8.65. The average Bonchev–Trinajstić information content (AvgIpc) is 2.51. The fourth-order valence-electron chi connectivity index (χ4n) is 1.78. The van der Waals surface area contributed by atoms with Crippen molar-refractivity contribution in [1.82, 2.24) is 14.8 Å². The van der Waals surface area contributed by atoms with Crippen molar-refractivity contribution < 1.29 is 5.11 Å². The van der Waals surface area contributed by atoms with Crippen molar-refractivity contribution in [3.63, 3.8) is 0 Å². The molecule has 0 saturated carbocycles. The molecule has 0 amide bonds. The molecule has 1 atom stereocenters. The van der Waals surface area contributed by atoms with Gasteiger partial charge in [0.1, 0.15) is 11.6 Å². The smallest absolute Gasteiger partial charge is 0.136 e. The number of hydrogen-bond acceptors (Lipinski definition) is 4. The van der Waals surface area contributed by atoms with Crippen LogP contribution in [0.4, 0.5) is 0 Å². The van der Waals surface area contributed by atoms with E-state index in [4.69, 9.17) is 10.8 Å². The van der Waals surface area contributed by atoms with Crippen molar-refractivity contribution in [3.05, 3.63) is 11.6 Å². The lowest BCUT2D eigenvalue weighted by Gasteiger charge is -2.21. The lowest BCUT2D eigenvalue weighted by molar-refractivity contribution is 0.290.